The number of ether oxygens (including phenoxy) is 2. The van der Waals surface area contributed by atoms with Gasteiger partial charge in [-0.1, -0.05) is 0 Å². The Balaban J connectivity index is 2.00. The van der Waals surface area contributed by atoms with Crippen LogP contribution in [0.1, 0.15) is 32.4 Å². The molecule has 5 nitrogen and oxygen atoms in total. The van der Waals surface area contributed by atoms with Gasteiger partial charge in [0.15, 0.2) is 0 Å². The molecule has 0 bridgehead atoms. The normalized spacial score (nSPS) is 18.2. The minimum absolute atomic E-state index is 0.164. The highest BCUT2D eigenvalue weighted by atomic mass is 16.6. The second kappa shape index (κ2) is 4.24. The average Bonchev–Trinajstić information content (AvgIpc) is 2.59. The number of fused-ring (bicyclic) bond motifs is 1. The van der Waals surface area contributed by atoms with Gasteiger partial charge in [0.05, 0.1) is 12.2 Å². The number of rotatable bonds is 1. The van der Waals surface area contributed by atoms with Gasteiger partial charge in [0.1, 0.15) is 18.0 Å². The van der Waals surface area contributed by atoms with Crippen molar-refractivity contribution in [2.24, 2.45) is 0 Å². The van der Waals surface area contributed by atoms with E-state index in [1.54, 1.807) is 12.4 Å². The Labute approximate surface area is 100 Å². The predicted molar refractivity (Wildman–Crippen MR) is 61.8 cm³/mol. The largest absolute Gasteiger partial charge is 0.489 e. The number of alkyl carbamates (subject to hydrolysis) is 1. The summed E-state index contributed by atoms with van der Waals surface area (Å²) < 4.78 is 10.6. The van der Waals surface area contributed by atoms with E-state index in [1.807, 2.05) is 26.8 Å². The fourth-order valence-electron chi connectivity index (χ4n) is 1.63. The summed E-state index contributed by atoms with van der Waals surface area (Å²) >= 11 is 0. The van der Waals surface area contributed by atoms with E-state index < -0.39 is 11.7 Å². The molecule has 0 saturated carbocycles. The van der Waals surface area contributed by atoms with Gasteiger partial charge in [0, 0.05) is 11.8 Å². The summed E-state index contributed by atoms with van der Waals surface area (Å²) in [5.74, 6) is 0.716. The van der Waals surface area contributed by atoms with E-state index in [2.05, 4.69) is 10.3 Å². The third-order valence-corrected chi connectivity index (χ3v) is 2.29. The summed E-state index contributed by atoms with van der Waals surface area (Å²) in [4.78, 5) is 15.6. The summed E-state index contributed by atoms with van der Waals surface area (Å²) in [6.45, 7) is 5.90. The molecule has 5 heteroatoms. The van der Waals surface area contributed by atoms with Gasteiger partial charge in [-0.05, 0) is 26.8 Å². The Morgan fingerprint density at radius 3 is 3.06 bits per heavy atom. The fraction of sp³-hybridized carbons (Fsp3) is 0.500. The molecule has 17 heavy (non-hydrogen) atoms. The van der Waals surface area contributed by atoms with Crippen LogP contribution in [0.4, 0.5) is 4.79 Å². The molecule has 1 aliphatic heterocycles. The zero-order valence-corrected chi connectivity index (χ0v) is 10.2. The van der Waals surface area contributed by atoms with Gasteiger partial charge in [-0.2, -0.15) is 0 Å². The first-order valence-electron chi connectivity index (χ1n) is 5.52. The van der Waals surface area contributed by atoms with E-state index in [0.29, 0.717) is 12.4 Å². The molecule has 0 aliphatic carbocycles. The van der Waals surface area contributed by atoms with Crippen LogP contribution in [-0.2, 0) is 4.74 Å². The van der Waals surface area contributed by atoms with E-state index in [9.17, 15) is 4.79 Å². The molecule has 1 amide bonds. The first-order valence-corrected chi connectivity index (χ1v) is 5.52. The van der Waals surface area contributed by atoms with Gasteiger partial charge in [-0.25, -0.2) is 4.79 Å². The Kier molecular flexibility index (Phi) is 2.92. The van der Waals surface area contributed by atoms with Crippen LogP contribution < -0.4 is 10.1 Å². The van der Waals surface area contributed by atoms with E-state index in [1.165, 1.54) is 0 Å². The molecule has 2 heterocycles. The lowest BCUT2D eigenvalue weighted by Gasteiger charge is -2.21. The Hall–Kier alpha value is -1.78. The second-order valence-electron chi connectivity index (χ2n) is 4.92. The number of aromatic nitrogens is 1. The van der Waals surface area contributed by atoms with Crippen LogP contribution in [0.2, 0.25) is 0 Å². The minimum Gasteiger partial charge on any atom is -0.489 e. The number of nitrogens with zero attached hydrogens (tertiary/aromatic N) is 1. The van der Waals surface area contributed by atoms with Crippen molar-refractivity contribution >= 4 is 6.09 Å². The van der Waals surface area contributed by atoms with Crippen LogP contribution in [0, 0.1) is 0 Å². The highest BCUT2D eigenvalue weighted by Crippen LogP contribution is 2.30. The number of carbonyl (C=O) groups excluding carboxylic acids is 1. The maximum Gasteiger partial charge on any atom is 0.408 e. The van der Waals surface area contributed by atoms with Crippen LogP contribution >= 0.6 is 0 Å². The molecular weight excluding hydrogens is 220 g/mol. The average molecular weight is 236 g/mol. The molecule has 2 rings (SSSR count). The Morgan fingerprint density at radius 2 is 2.35 bits per heavy atom. The van der Waals surface area contributed by atoms with Crippen molar-refractivity contribution < 1.29 is 14.3 Å². The SMILES string of the molecule is CC(C)(C)OC(=O)N[C@@H]1COc2cnccc21. The lowest BCUT2D eigenvalue weighted by Crippen LogP contribution is -2.35. The molecule has 1 atom stereocenters. The van der Waals surface area contributed by atoms with Gasteiger partial charge in [-0.15, -0.1) is 0 Å². The third-order valence-electron chi connectivity index (χ3n) is 2.29. The van der Waals surface area contributed by atoms with E-state index in [-0.39, 0.29) is 6.04 Å². The molecule has 0 radical (unpaired) electrons. The molecule has 0 saturated heterocycles. The molecule has 0 spiro atoms. The summed E-state index contributed by atoms with van der Waals surface area (Å²) in [6, 6.07) is 1.67. The van der Waals surface area contributed by atoms with E-state index in [4.69, 9.17) is 9.47 Å². The minimum atomic E-state index is -0.495. The highest BCUT2D eigenvalue weighted by molar-refractivity contribution is 5.68. The second-order valence-corrected chi connectivity index (χ2v) is 4.92. The Morgan fingerprint density at radius 1 is 1.59 bits per heavy atom. The van der Waals surface area contributed by atoms with Gasteiger partial charge < -0.3 is 14.8 Å². The van der Waals surface area contributed by atoms with Gasteiger partial charge in [0.25, 0.3) is 0 Å². The summed E-state index contributed by atoms with van der Waals surface area (Å²) in [6.07, 6.45) is 2.89. The highest BCUT2D eigenvalue weighted by Gasteiger charge is 2.27. The molecule has 92 valence electrons. The topological polar surface area (TPSA) is 60.5 Å². The van der Waals surface area contributed by atoms with Crippen LogP contribution in [0.3, 0.4) is 0 Å². The van der Waals surface area contributed by atoms with Crippen LogP contribution in [0.25, 0.3) is 0 Å². The van der Waals surface area contributed by atoms with Crippen molar-refractivity contribution in [3.63, 3.8) is 0 Å². The number of hydrogen-bond donors (Lipinski definition) is 1. The van der Waals surface area contributed by atoms with Crippen molar-refractivity contribution in [2.75, 3.05) is 6.61 Å². The number of nitrogens with one attached hydrogen (secondary N) is 1. The molecular formula is C12H16N2O3. The van der Waals surface area contributed by atoms with Crippen molar-refractivity contribution in [1.82, 2.24) is 10.3 Å². The van der Waals surface area contributed by atoms with Gasteiger partial charge in [0.2, 0.25) is 0 Å². The fourth-order valence-corrected chi connectivity index (χ4v) is 1.63. The lowest BCUT2D eigenvalue weighted by atomic mass is 10.1. The summed E-state index contributed by atoms with van der Waals surface area (Å²) in [5, 5.41) is 2.78. The van der Waals surface area contributed by atoms with E-state index >= 15 is 0 Å². The monoisotopic (exact) mass is 236 g/mol. The van der Waals surface area contributed by atoms with E-state index in [0.717, 1.165) is 5.56 Å². The zero-order valence-electron chi connectivity index (χ0n) is 10.2. The van der Waals surface area contributed by atoms with Crippen molar-refractivity contribution in [1.29, 1.82) is 0 Å². The van der Waals surface area contributed by atoms with Gasteiger partial charge >= 0.3 is 6.09 Å². The molecule has 0 unspecified atom stereocenters. The van der Waals surface area contributed by atoms with Crippen molar-refractivity contribution in [2.45, 2.75) is 32.4 Å². The smallest absolute Gasteiger partial charge is 0.408 e. The molecule has 1 aromatic rings. The standard InChI is InChI=1S/C12H16N2O3/c1-12(2,3)17-11(15)14-9-7-16-10-6-13-5-4-8(9)10/h4-6,9H,7H2,1-3H3,(H,14,15)/t9-/m1/s1. The van der Waals surface area contributed by atoms with Crippen LogP contribution in [-0.4, -0.2) is 23.3 Å². The summed E-state index contributed by atoms with van der Waals surface area (Å²) in [7, 11) is 0. The molecule has 1 aliphatic rings. The number of hydrogen-bond acceptors (Lipinski definition) is 4. The first kappa shape index (κ1) is 11.7. The van der Waals surface area contributed by atoms with Gasteiger partial charge in [-0.3, -0.25) is 4.98 Å². The van der Waals surface area contributed by atoms with Crippen LogP contribution in [0.15, 0.2) is 18.5 Å². The molecule has 1 N–H and O–H groups in total. The lowest BCUT2D eigenvalue weighted by molar-refractivity contribution is 0.0497. The molecule has 0 fully saturated rings. The maximum atomic E-state index is 11.6. The maximum absolute atomic E-state index is 11.6. The number of carbonyl (C=O) groups is 1. The van der Waals surface area contributed by atoms with Crippen molar-refractivity contribution in [3.05, 3.63) is 24.0 Å². The zero-order chi connectivity index (χ0) is 12.5. The van der Waals surface area contributed by atoms with Crippen LogP contribution in [0.5, 0.6) is 5.75 Å². The quantitative estimate of drug-likeness (QED) is 0.810. The number of amides is 1. The number of pyridine rings is 1. The predicted octanol–water partition coefficient (Wildman–Crippen LogP) is 2.04. The third kappa shape index (κ3) is 2.87. The summed E-state index contributed by atoms with van der Waals surface area (Å²) in [5.41, 5.74) is 0.441. The molecule has 0 aromatic carbocycles. The van der Waals surface area contributed by atoms with Crippen molar-refractivity contribution in [3.8, 4) is 5.75 Å². The molecule has 1 aromatic heterocycles. The first-order chi connectivity index (χ1) is 7.96. The Bertz CT molecular complexity index is 426.